The van der Waals surface area contributed by atoms with Crippen molar-refractivity contribution in [1.82, 2.24) is 14.5 Å². The van der Waals surface area contributed by atoms with Crippen LogP contribution in [0.1, 0.15) is 5.69 Å². The quantitative estimate of drug-likeness (QED) is 0.532. The summed E-state index contributed by atoms with van der Waals surface area (Å²) < 4.78 is 1.84. The van der Waals surface area contributed by atoms with Gasteiger partial charge in [-0.2, -0.15) is 0 Å². The van der Waals surface area contributed by atoms with Gasteiger partial charge >= 0.3 is 0 Å². The van der Waals surface area contributed by atoms with Crippen LogP contribution in [0, 0.1) is 6.92 Å². The predicted molar refractivity (Wildman–Crippen MR) is 103 cm³/mol. The van der Waals surface area contributed by atoms with Crippen LogP contribution in [-0.4, -0.2) is 14.5 Å². The third-order valence-electron chi connectivity index (χ3n) is 4.18. The number of aromatic nitrogens is 3. The van der Waals surface area contributed by atoms with Gasteiger partial charge in [0.2, 0.25) is 5.95 Å². The number of aryl methyl sites for hydroxylation is 2. The zero-order chi connectivity index (χ0) is 17.7. The Hall–Kier alpha value is -2.50. The minimum Gasteiger partial charge on any atom is -0.326 e. The van der Waals surface area contributed by atoms with Crippen LogP contribution in [-0.2, 0) is 7.05 Å². The van der Waals surface area contributed by atoms with Gasteiger partial charge in [0.05, 0.1) is 32.2 Å². The van der Waals surface area contributed by atoms with Crippen molar-refractivity contribution in [1.29, 1.82) is 0 Å². The molecule has 5 nitrogen and oxygen atoms in total. The van der Waals surface area contributed by atoms with Gasteiger partial charge in [-0.1, -0.05) is 35.3 Å². The summed E-state index contributed by atoms with van der Waals surface area (Å²) in [6, 6.07) is 11.0. The average molecular weight is 373 g/mol. The number of H-pyrrole nitrogens is 1. The van der Waals surface area contributed by atoms with Crippen LogP contribution in [0.2, 0.25) is 10.0 Å². The standard InChI is InChI=1S/C18H14Cl2N4O/c1-9-8-10-6-7-13-16(14(10)17(25)21-9)24(2)18(22-13)23-15-11(19)4-3-5-12(15)20/h3-8H,1-2H3,(H,21,25)(H,22,23). The first-order chi connectivity index (χ1) is 12.0. The van der Waals surface area contributed by atoms with E-state index >= 15 is 0 Å². The van der Waals surface area contributed by atoms with Crippen LogP contribution in [0.5, 0.6) is 0 Å². The lowest BCUT2D eigenvalue weighted by molar-refractivity contribution is 0.960. The number of rotatable bonds is 2. The SMILES string of the molecule is Cc1cc2ccc3nc(Nc4c(Cl)cccc4Cl)n(C)c3c2c(=O)[nH]1. The Kier molecular flexibility index (Phi) is 3.71. The number of hydrogen-bond donors (Lipinski definition) is 2. The third kappa shape index (κ3) is 2.56. The zero-order valence-electron chi connectivity index (χ0n) is 13.5. The van der Waals surface area contributed by atoms with Crippen molar-refractivity contribution in [2.45, 2.75) is 6.92 Å². The molecule has 0 atom stereocenters. The first kappa shape index (κ1) is 16.0. The molecule has 4 aromatic rings. The lowest BCUT2D eigenvalue weighted by atomic mass is 10.1. The maximum atomic E-state index is 12.5. The molecule has 126 valence electrons. The second-order valence-corrected chi connectivity index (χ2v) is 6.71. The monoisotopic (exact) mass is 372 g/mol. The number of hydrogen-bond acceptors (Lipinski definition) is 3. The lowest BCUT2D eigenvalue weighted by Gasteiger charge is -2.10. The summed E-state index contributed by atoms with van der Waals surface area (Å²) in [5.74, 6) is 0.553. The summed E-state index contributed by atoms with van der Waals surface area (Å²) in [5, 5.41) is 5.65. The molecule has 0 aliphatic carbocycles. The molecular formula is C18H14Cl2N4O. The molecule has 2 heterocycles. The van der Waals surface area contributed by atoms with Crippen molar-refractivity contribution in [3.8, 4) is 0 Å². The van der Waals surface area contributed by atoms with E-state index in [4.69, 9.17) is 23.2 Å². The normalized spacial score (nSPS) is 11.4. The van der Waals surface area contributed by atoms with Crippen molar-refractivity contribution in [2.75, 3.05) is 5.32 Å². The summed E-state index contributed by atoms with van der Waals surface area (Å²) in [6.07, 6.45) is 0. The van der Waals surface area contributed by atoms with Gasteiger partial charge in [0, 0.05) is 12.7 Å². The third-order valence-corrected chi connectivity index (χ3v) is 4.81. The van der Waals surface area contributed by atoms with Crippen LogP contribution in [0.4, 0.5) is 11.6 Å². The van der Waals surface area contributed by atoms with Crippen molar-refractivity contribution in [3.05, 3.63) is 62.5 Å². The van der Waals surface area contributed by atoms with Crippen molar-refractivity contribution in [3.63, 3.8) is 0 Å². The van der Waals surface area contributed by atoms with E-state index in [9.17, 15) is 4.79 Å². The number of halogens is 2. The largest absolute Gasteiger partial charge is 0.326 e. The highest BCUT2D eigenvalue weighted by Gasteiger charge is 2.15. The van der Waals surface area contributed by atoms with Gasteiger partial charge in [-0.25, -0.2) is 4.98 Å². The average Bonchev–Trinajstić information content (AvgIpc) is 2.87. The number of fused-ring (bicyclic) bond motifs is 3. The van der Waals surface area contributed by atoms with Gasteiger partial charge in [-0.05, 0) is 36.6 Å². The maximum Gasteiger partial charge on any atom is 0.258 e. The highest BCUT2D eigenvalue weighted by atomic mass is 35.5. The molecule has 0 saturated carbocycles. The van der Waals surface area contributed by atoms with Crippen molar-refractivity contribution >= 4 is 56.6 Å². The van der Waals surface area contributed by atoms with E-state index in [2.05, 4.69) is 15.3 Å². The molecule has 0 unspecified atom stereocenters. The zero-order valence-corrected chi connectivity index (χ0v) is 15.0. The molecule has 0 fully saturated rings. The van der Waals surface area contributed by atoms with Crippen LogP contribution >= 0.6 is 23.2 Å². The Balaban J connectivity index is 1.97. The molecule has 0 aliphatic heterocycles. The van der Waals surface area contributed by atoms with Gasteiger partial charge in [-0.3, -0.25) is 4.79 Å². The highest BCUT2D eigenvalue weighted by molar-refractivity contribution is 6.39. The Labute approximate surface area is 153 Å². The molecule has 0 radical (unpaired) electrons. The number of anilines is 2. The number of nitrogens with one attached hydrogen (secondary N) is 2. The Morgan fingerprint density at radius 3 is 2.60 bits per heavy atom. The van der Waals surface area contributed by atoms with Gasteiger partial charge < -0.3 is 14.9 Å². The van der Waals surface area contributed by atoms with Gasteiger partial charge in [0.1, 0.15) is 0 Å². The Morgan fingerprint density at radius 1 is 1.16 bits per heavy atom. The molecule has 2 N–H and O–H groups in total. The summed E-state index contributed by atoms with van der Waals surface area (Å²) in [5.41, 5.74) is 2.74. The number of aromatic amines is 1. The molecule has 0 spiro atoms. The Morgan fingerprint density at radius 2 is 1.88 bits per heavy atom. The van der Waals surface area contributed by atoms with E-state index in [0.717, 1.165) is 22.1 Å². The van der Waals surface area contributed by atoms with Gasteiger partial charge in [0.15, 0.2) is 0 Å². The molecule has 25 heavy (non-hydrogen) atoms. The molecule has 0 saturated heterocycles. The van der Waals surface area contributed by atoms with Crippen molar-refractivity contribution < 1.29 is 0 Å². The van der Waals surface area contributed by atoms with Crippen LogP contribution < -0.4 is 10.9 Å². The number of nitrogens with zero attached hydrogens (tertiary/aromatic N) is 2. The van der Waals surface area contributed by atoms with E-state index in [1.54, 1.807) is 18.2 Å². The van der Waals surface area contributed by atoms with E-state index in [1.165, 1.54) is 0 Å². The molecule has 0 bridgehead atoms. The first-order valence-electron chi connectivity index (χ1n) is 7.66. The fraction of sp³-hybridized carbons (Fsp3) is 0.111. The first-order valence-corrected chi connectivity index (χ1v) is 8.41. The fourth-order valence-corrected chi connectivity index (χ4v) is 3.52. The highest BCUT2D eigenvalue weighted by Crippen LogP contribution is 2.33. The Bertz CT molecular complexity index is 1170. The van der Waals surface area contributed by atoms with Gasteiger partial charge in [-0.15, -0.1) is 0 Å². The van der Waals surface area contributed by atoms with Crippen LogP contribution in [0.25, 0.3) is 21.8 Å². The van der Waals surface area contributed by atoms with Gasteiger partial charge in [0.25, 0.3) is 5.56 Å². The summed E-state index contributed by atoms with van der Waals surface area (Å²) >= 11 is 12.5. The summed E-state index contributed by atoms with van der Waals surface area (Å²) in [7, 11) is 1.85. The topological polar surface area (TPSA) is 62.7 Å². The fourth-order valence-electron chi connectivity index (χ4n) is 3.03. The molecule has 7 heteroatoms. The second-order valence-electron chi connectivity index (χ2n) is 5.90. The number of pyridine rings is 1. The molecule has 2 aromatic carbocycles. The summed E-state index contributed by atoms with van der Waals surface area (Å²) in [4.78, 5) is 19.9. The van der Waals surface area contributed by atoms with Crippen molar-refractivity contribution in [2.24, 2.45) is 7.05 Å². The molecule has 0 amide bonds. The van der Waals surface area contributed by atoms with Crippen LogP contribution in [0.15, 0.2) is 41.2 Å². The number of benzene rings is 2. The van der Waals surface area contributed by atoms with E-state index in [0.29, 0.717) is 27.1 Å². The smallest absolute Gasteiger partial charge is 0.258 e. The minimum atomic E-state index is -0.133. The van der Waals surface area contributed by atoms with E-state index in [1.807, 2.05) is 36.7 Å². The lowest BCUT2D eigenvalue weighted by Crippen LogP contribution is -2.09. The predicted octanol–water partition coefficient (Wildman–Crippen LogP) is 4.77. The number of imidazole rings is 1. The molecule has 2 aromatic heterocycles. The number of para-hydroxylation sites is 1. The molecule has 0 aliphatic rings. The maximum absolute atomic E-state index is 12.5. The molecular weight excluding hydrogens is 359 g/mol. The minimum absolute atomic E-state index is 0.133. The summed E-state index contributed by atoms with van der Waals surface area (Å²) in [6.45, 7) is 1.86. The van der Waals surface area contributed by atoms with E-state index < -0.39 is 0 Å². The molecule has 4 rings (SSSR count). The van der Waals surface area contributed by atoms with E-state index in [-0.39, 0.29) is 5.56 Å². The van der Waals surface area contributed by atoms with Crippen LogP contribution in [0.3, 0.4) is 0 Å². The second kappa shape index (κ2) is 5.79.